The molecule has 1 saturated heterocycles. The number of likely N-dealkylation sites (tertiary alicyclic amines) is 1. The second kappa shape index (κ2) is 9.51. The van der Waals surface area contributed by atoms with E-state index in [-0.39, 0.29) is 24.4 Å². The van der Waals surface area contributed by atoms with Crippen LogP contribution in [0.5, 0.6) is 5.75 Å². The quantitative estimate of drug-likeness (QED) is 0.622. The van der Waals surface area contributed by atoms with Crippen molar-refractivity contribution in [2.75, 3.05) is 26.2 Å². The fourth-order valence-electron chi connectivity index (χ4n) is 5.72. The van der Waals surface area contributed by atoms with Gasteiger partial charge in [-0.1, -0.05) is 42.0 Å². The van der Waals surface area contributed by atoms with Gasteiger partial charge in [0.25, 0.3) is 0 Å². The summed E-state index contributed by atoms with van der Waals surface area (Å²) in [5.41, 5.74) is 3.66. The van der Waals surface area contributed by atoms with E-state index in [0.717, 1.165) is 38.9 Å². The Kier molecular flexibility index (Phi) is 6.77. The molecule has 2 aromatic carbocycles. The molecule has 2 fully saturated rings. The third-order valence-electron chi connectivity index (χ3n) is 7.37. The fraction of sp³-hybridized carbons (Fsp3) is 0.538. The van der Waals surface area contributed by atoms with Gasteiger partial charge in [0.05, 0.1) is 6.10 Å². The SMILES string of the molecule is Cc1ccc(CC(O)C2CCC3CN(CC(CCO)c4ccc(O)cc4)CC32)cc1. The second-order valence-corrected chi connectivity index (χ2v) is 9.44. The smallest absolute Gasteiger partial charge is 0.115 e. The number of aliphatic hydroxyl groups is 2. The number of aryl methyl sites for hydroxylation is 1. The molecule has 0 bridgehead atoms. The minimum absolute atomic E-state index is 0.171. The first kappa shape index (κ1) is 21.4. The Morgan fingerprint density at radius 2 is 1.73 bits per heavy atom. The fourth-order valence-corrected chi connectivity index (χ4v) is 5.72. The number of hydrogen-bond acceptors (Lipinski definition) is 4. The van der Waals surface area contributed by atoms with E-state index in [1.807, 2.05) is 12.1 Å². The van der Waals surface area contributed by atoms with Crippen LogP contribution in [-0.2, 0) is 6.42 Å². The van der Waals surface area contributed by atoms with Gasteiger partial charge in [0.15, 0.2) is 0 Å². The molecule has 1 aliphatic heterocycles. The molecule has 0 aromatic heterocycles. The number of aliphatic hydroxyl groups excluding tert-OH is 2. The normalized spacial score (nSPS) is 25.9. The molecule has 2 aliphatic rings. The average molecular weight is 410 g/mol. The Balaban J connectivity index is 1.37. The lowest BCUT2D eigenvalue weighted by atomic mass is 9.85. The number of phenolic OH excluding ortho intramolecular Hbond substituents is 1. The van der Waals surface area contributed by atoms with Crippen molar-refractivity contribution in [1.82, 2.24) is 4.90 Å². The molecule has 30 heavy (non-hydrogen) atoms. The van der Waals surface area contributed by atoms with E-state index in [0.29, 0.717) is 17.8 Å². The second-order valence-electron chi connectivity index (χ2n) is 9.44. The van der Waals surface area contributed by atoms with Gasteiger partial charge in [0, 0.05) is 26.2 Å². The zero-order chi connectivity index (χ0) is 21.1. The first-order valence-electron chi connectivity index (χ1n) is 11.4. The van der Waals surface area contributed by atoms with Gasteiger partial charge in [0.1, 0.15) is 5.75 Å². The summed E-state index contributed by atoms with van der Waals surface area (Å²) in [5, 5.41) is 30.1. The van der Waals surface area contributed by atoms with Crippen molar-refractivity contribution >= 4 is 0 Å². The van der Waals surface area contributed by atoms with Crippen LogP contribution in [0.3, 0.4) is 0 Å². The monoisotopic (exact) mass is 409 g/mol. The number of phenols is 1. The summed E-state index contributed by atoms with van der Waals surface area (Å²) in [5.74, 6) is 2.18. The van der Waals surface area contributed by atoms with Crippen LogP contribution in [0.15, 0.2) is 48.5 Å². The van der Waals surface area contributed by atoms with E-state index in [1.165, 1.54) is 23.1 Å². The van der Waals surface area contributed by atoms with Crippen molar-refractivity contribution in [3.8, 4) is 5.75 Å². The maximum absolute atomic E-state index is 11.0. The molecular formula is C26H35NO3. The molecule has 0 radical (unpaired) electrons. The van der Waals surface area contributed by atoms with Crippen LogP contribution in [0, 0.1) is 24.7 Å². The van der Waals surface area contributed by atoms with E-state index in [9.17, 15) is 15.3 Å². The Morgan fingerprint density at radius 3 is 2.43 bits per heavy atom. The largest absolute Gasteiger partial charge is 0.508 e. The van der Waals surface area contributed by atoms with Gasteiger partial charge in [-0.05, 0) is 79.5 Å². The topological polar surface area (TPSA) is 63.9 Å². The summed E-state index contributed by atoms with van der Waals surface area (Å²) in [6, 6.07) is 15.9. The summed E-state index contributed by atoms with van der Waals surface area (Å²) in [6.45, 7) is 5.33. The number of nitrogens with zero attached hydrogens (tertiary/aromatic N) is 1. The standard InChI is InChI=1S/C26H35NO3/c1-18-2-4-19(5-3-18)14-26(30)24-11-8-22-16-27(17-25(22)24)15-21(12-13-28)20-6-9-23(29)10-7-20/h2-7,9-10,21-22,24-26,28-30H,8,11-17H2,1H3. The van der Waals surface area contributed by atoms with Crippen molar-refractivity contribution in [3.63, 3.8) is 0 Å². The minimum atomic E-state index is -0.270. The van der Waals surface area contributed by atoms with Gasteiger partial charge >= 0.3 is 0 Å². The molecule has 0 amide bonds. The first-order valence-corrected chi connectivity index (χ1v) is 11.4. The molecule has 4 heteroatoms. The number of rotatable bonds is 8. The lowest BCUT2D eigenvalue weighted by molar-refractivity contribution is 0.0814. The molecule has 0 spiro atoms. The Morgan fingerprint density at radius 1 is 1.00 bits per heavy atom. The zero-order valence-electron chi connectivity index (χ0n) is 18.0. The van der Waals surface area contributed by atoms with E-state index >= 15 is 0 Å². The van der Waals surface area contributed by atoms with Crippen LogP contribution in [0.2, 0.25) is 0 Å². The number of aromatic hydroxyl groups is 1. The number of benzene rings is 2. The van der Waals surface area contributed by atoms with Gasteiger partial charge in [-0.25, -0.2) is 0 Å². The Hall–Kier alpha value is -1.88. The molecule has 1 heterocycles. The van der Waals surface area contributed by atoms with Crippen LogP contribution in [-0.4, -0.2) is 52.6 Å². The third kappa shape index (κ3) is 4.88. The van der Waals surface area contributed by atoms with E-state index in [4.69, 9.17) is 0 Å². The number of hydrogen-bond donors (Lipinski definition) is 3. The van der Waals surface area contributed by atoms with Crippen LogP contribution < -0.4 is 0 Å². The molecule has 5 atom stereocenters. The summed E-state index contributed by atoms with van der Waals surface area (Å²) in [4.78, 5) is 2.53. The molecular weight excluding hydrogens is 374 g/mol. The average Bonchev–Trinajstić information content (AvgIpc) is 3.30. The van der Waals surface area contributed by atoms with Crippen molar-refractivity contribution < 1.29 is 15.3 Å². The van der Waals surface area contributed by atoms with Crippen LogP contribution in [0.25, 0.3) is 0 Å². The lowest BCUT2D eigenvalue weighted by Crippen LogP contribution is -2.32. The summed E-state index contributed by atoms with van der Waals surface area (Å²) < 4.78 is 0. The van der Waals surface area contributed by atoms with Crippen LogP contribution in [0.4, 0.5) is 0 Å². The third-order valence-corrected chi connectivity index (χ3v) is 7.37. The first-order chi connectivity index (χ1) is 14.5. The van der Waals surface area contributed by atoms with Gasteiger partial charge in [-0.2, -0.15) is 0 Å². The zero-order valence-corrected chi connectivity index (χ0v) is 18.0. The highest BCUT2D eigenvalue weighted by Gasteiger charge is 2.45. The summed E-state index contributed by atoms with van der Waals surface area (Å²) in [6.07, 6.45) is 3.55. The number of fused-ring (bicyclic) bond motifs is 1. The molecule has 4 nitrogen and oxygen atoms in total. The Bertz CT molecular complexity index is 804. The molecule has 1 aliphatic carbocycles. The summed E-state index contributed by atoms with van der Waals surface area (Å²) in [7, 11) is 0. The van der Waals surface area contributed by atoms with Crippen molar-refractivity contribution in [2.24, 2.45) is 17.8 Å². The van der Waals surface area contributed by atoms with Gasteiger partial charge in [-0.15, -0.1) is 0 Å². The highest BCUT2D eigenvalue weighted by Crippen LogP contribution is 2.45. The van der Waals surface area contributed by atoms with Gasteiger partial charge in [-0.3, -0.25) is 0 Å². The van der Waals surface area contributed by atoms with Gasteiger partial charge in [0.2, 0.25) is 0 Å². The maximum atomic E-state index is 11.0. The highest BCUT2D eigenvalue weighted by atomic mass is 16.3. The predicted molar refractivity (Wildman–Crippen MR) is 120 cm³/mol. The van der Waals surface area contributed by atoms with Crippen LogP contribution in [0.1, 0.15) is 41.9 Å². The predicted octanol–water partition coefficient (Wildman–Crippen LogP) is 3.73. The van der Waals surface area contributed by atoms with Gasteiger partial charge < -0.3 is 20.2 Å². The van der Waals surface area contributed by atoms with E-state index in [2.05, 4.69) is 36.1 Å². The van der Waals surface area contributed by atoms with E-state index < -0.39 is 0 Å². The summed E-state index contributed by atoms with van der Waals surface area (Å²) >= 11 is 0. The molecule has 3 N–H and O–H groups in total. The Labute approximate surface area is 180 Å². The molecule has 1 saturated carbocycles. The van der Waals surface area contributed by atoms with Crippen molar-refractivity contribution in [3.05, 3.63) is 65.2 Å². The van der Waals surface area contributed by atoms with E-state index in [1.54, 1.807) is 12.1 Å². The highest BCUT2D eigenvalue weighted by molar-refractivity contribution is 5.28. The molecule has 4 rings (SSSR count). The molecule has 2 aromatic rings. The minimum Gasteiger partial charge on any atom is -0.508 e. The van der Waals surface area contributed by atoms with Crippen LogP contribution >= 0.6 is 0 Å². The van der Waals surface area contributed by atoms with Crippen molar-refractivity contribution in [1.29, 1.82) is 0 Å². The lowest BCUT2D eigenvalue weighted by Gasteiger charge is -2.27. The van der Waals surface area contributed by atoms with Crippen molar-refractivity contribution in [2.45, 2.75) is 44.6 Å². The maximum Gasteiger partial charge on any atom is 0.115 e. The molecule has 5 unspecified atom stereocenters. The molecule has 162 valence electrons.